The summed E-state index contributed by atoms with van der Waals surface area (Å²) in [6.07, 6.45) is 8.45. The van der Waals surface area contributed by atoms with Gasteiger partial charge in [0.05, 0.1) is 0 Å². The van der Waals surface area contributed by atoms with E-state index in [9.17, 15) is 0 Å². The molecule has 0 aliphatic carbocycles. The average molecular weight is 344 g/mol. The van der Waals surface area contributed by atoms with Gasteiger partial charge in [-0.05, 0) is 44.8 Å². The van der Waals surface area contributed by atoms with Crippen molar-refractivity contribution in [2.75, 3.05) is 32.7 Å². The molecule has 113 valence electrons. The van der Waals surface area contributed by atoms with Gasteiger partial charge in [-0.1, -0.05) is 47.0 Å². The summed E-state index contributed by atoms with van der Waals surface area (Å²) in [4.78, 5) is 2.66. The molecule has 0 saturated carbocycles. The third-order valence-corrected chi connectivity index (χ3v) is 3.69. The van der Waals surface area contributed by atoms with Gasteiger partial charge >= 0.3 is 0 Å². The van der Waals surface area contributed by atoms with Crippen molar-refractivity contribution < 1.29 is 32.7 Å². The Balaban J connectivity index is 0. The van der Waals surface area contributed by atoms with Gasteiger partial charge in [0.25, 0.3) is 0 Å². The second-order valence-electron chi connectivity index (χ2n) is 4.81. The SMILES string of the molecule is C1CCN(CCC2CC[N-]CC2)CC1.CC.CC.[Y]. The minimum Gasteiger partial charge on any atom is -0.662 e. The third kappa shape index (κ3) is 11.4. The molecule has 2 saturated heterocycles. The van der Waals surface area contributed by atoms with Gasteiger partial charge in [0.15, 0.2) is 0 Å². The molecule has 2 heterocycles. The minimum absolute atomic E-state index is 0. The number of hydrogen-bond acceptors (Lipinski definition) is 1. The van der Waals surface area contributed by atoms with Crippen LogP contribution in [0, 0.1) is 5.92 Å². The van der Waals surface area contributed by atoms with E-state index < -0.39 is 0 Å². The van der Waals surface area contributed by atoms with Crippen LogP contribution in [0.1, 0.15) is 66.2 Å². The Morgan fingerprint density at radius 3 is 1.95 bits per heavy atom. The minimum atomic E-state index is 0. The maximum absolute atomic E-state index is 4.41. The molecule has 0 aromatic rings. The number of rotatable bonds is 3. The van der Waals surface area contributed by atoms with Crippen molar-refractivity contribution in [2.24, 2.45) is 5.92 Å². The molecule has 0 N–H and O–H groups in total. The first-order valence-corrected chi connectivity index (χ1v) is 8.31. The third-order valence-electron chi connectivity index (χ3n) is 3.69. The molecule has 2 rings (SSSR count). The van der Waals surface area contributed by atoms with Crippen molar-refractivity contribution >= 4 is 0 Å². The Kier molecular flexibility index (Phi) is 20.0. The molecule has 0 atom stereocenters. The van der Waals surface area contributed by atoms with Gasteiger partial charge in [0.2, 0.25) is 0 Å². The van der Waals surface area contributed by atoms with E-state index in [1.807, 2.05) is 27.7 Å². The van der Waals surface area contributed by atoms with E-state index in [-0.39, 0.29) is 32.7 Å². The molecule has 2 aliphatic heterocycles. The smallest absolute Gasteiger partial charge is 0 e. The van der Waals surface area contributed by atoms with Crippen molar-refractivity contribution in [3.8, 4) is 0 Å². The zero-order valence-electron chi connectivity index (χ0n) is 13.8. The number of nitrogens with zero attached hydrogens (tertiary/aromatic N) is 2. The van der Waals surface area contributed by atoms with Crippen LogP contribution >= 0.6 is 0 Å². The molecule has 0 aromatic carbocycles. The largest absolute Gasteiger partial charge is 0.662 e. The van der Waals surface area contributed by atoms with Crippen molar-refractivity contribution in [3.63, 3.8) is 0 Å². The standard InChI is InChI=1S/C12H23N2.2C2H6.Y/c1-2-9-14(10-3-1)11-6-12-4-7-13-8-5-12;2*1-2;/h12H,1-11H2;2*1-2H3;/q-1;;;. The average Bonchev–Trinajstić information content (AvgIpc) is 2.51. The molecule has 2 fully saturated rings. The zero-order valence-corrected chi connectivity index (χ0v) is 16.7. The van der Waals surface area contributed by atoms with Crippen LogP contribution in [0.2, 0.25) is 0 Å². The summed E-state index contributed by atoms with van der Waals surface area (Å²) >= 11 is 0. The molecule has 1 radical (unpaired) electrons. The Morgan fingerprint density at radius 2 is 1.42 bits per heavy atom. The van der Waals surface area contributed by atoms with Gasteiger partial charge in [-0.3, -0.25) is 0 Å². The van der Waals surface area contributed by atoms with E-state index in [2.05, 4.69) is 10.2 Å². The predicted octanol–water partition coefficient (Wildman–Crippen LogP) is 4.70. The van der Waals surface area contributed by atoms with Gasteiger partial charge in [-0.15, -0.1) is 13.1 Å². The molecular weight excluding hydrogens is 309 g/mol. The van der Waals surface area contributed by atoms with E-state index in [1.165, 1.54) is 58.2 Å². The van der Waals surface area contributed by atoms with Crippen molar-refractivity contribution in [3.05, 3.63) is 5.32 Å². The molecule has 2 nitrogen and oxygen atoms in total. The Bertz CT molecular complexity index is 135. The van der Waals surface area contributed by atoms with Gasteiger partial charge in [0.1, 0.15) is 0 Å². The topological polar surface area (TPSA) is 17.3 Å². The van der Waals surface area contributed by atoms with Crippen LogP contribution in [-0.2, 0) is 32.7 Å². The van der Waals surface area contributed by atoms with E-state index >= 15 is 0 Å². The number of hydrogen-bond donors (Lipinski definition) is 0. The van der Waals surface area contributed by atoms with Crippen LogP contribution in [0.5, 0.6) is 0 Å². The fourth-order valence-electron chi connectivity index (χ4n) is 2.64. The fraction of sp³-hybridized carbons (Fsp3) is 1.00. The molecule has 2 aliphatic rings. The normalized spacial score (nSPS) is 20.2. The van der Waals surface area contributed by atoms with E-state index in [1.54, 1.807) is 0 Å². The summed E-state index contributed by atoms with van der Waals surface area (Å²) in [5.74, 6) is 0.981. The maximum Gasteiger partial charge on any atom is 0 e. The summed E-state index contributed by atoms with van der Waals surface area (Å²) < 4.78 is 0. The monoisotopic (exact) mass is 344 g/mol. The van der Waals surface area contributed by atoms with Crippen molar-refractivity contribution in [1.29, 1.82) is 0 Å². The summed E-state index contributed by atoms with van der Waals surface area (Å²) in [6, 6.07) is 0. The van der Waals surface area contributed by atoms with Gasteiger partial charge in [0, 0.05) is 32.7 Å². The zero-order chi connectivity index (χ0) is 13.6. The van der Waals surface area contributed by atoms with Crippen LogP contribution < -0.4 is 0 Å². The quantitative estimate of drug-likeness (QED) is 0.726. The molecule has 0 aromatic heterocycles. The van der Waals surface area contributed by atoms with E-state index in [0.29, 0.717) is 0 Å². The summed E-state index contributed by atoms with van der Waals surface area (Å²) in [7, 11) is 0. The number of piperidine rings is 2. The first-order valence-electron chi connectivity index (χ1n) is 8.31. The molecule has 0 unspecified atom stereocenters. The molecular formula is C16H35N2Y-. The fourth-order valence-corrected chi connectivity index (χ4v) is 2.64. The molecule has 3 heteroatoms. The van der Waals surface area contributed by atoms with Crippen molar-refractivity contribution in [2.45, 2.75) is 66.2 Å². The Hall–Kier alpha value is 1.02. The summed E-state index contributed by atoms with van der Waals surface area (Å²) in [6.45, 7) is 14.3. The second kappa shape index (κ2) is 17.1. The van der Waals surface area contributed by atoms with Crippen LogP contribution in [0.25, 0.3) is 5.32 Å². The van der Waals surface area contributed by atoms with Crippen LogP contribution in [0.4, 0.5) is 0 Å². The van der Waals surface area contributed by atoms with Gasteiger partial charge < -0.3 is 10.2 Å². The number of likely N-dealkylation sites (tertiary alicyclic amines) is 1. The first kappa shape index (κ1) is 22.3. The second-order valence-corrected chi connectivity index (χ2v) is 4.81. The maximum atomic E-state index is 4.41. The summed E-state index contributed by atoms with van der Waals surface area (Å²) in [5, 5.41) is 4.41. The first-order chi connectivity index (χ1) is 8.95. The van der Waals surface area contributed by atoms with E-state index in [0.717, 1.165) is 19.0 Å². The van der Waals surface area contributed by atoms with Gasteiger partial charge in [-0.25, -0.2) is 0 Å². The molecule has 0 spiro atoms. The Labute approximate surface area is 147 Å². The van der Waals surface area contributed by atoms with Crippen LogP contribution in [0.15, 0.2) is 0 Å². The van der Waals surface area contributed by atoms with Crippen LogP contribution in [0.3, 0.4) is 0 Å². The van der Waals surface area contributed by atoms with E-state index in [4.69, 9.17) is 0 Å². The molecule has 0 bridgehead atoms. The van der Waals surface area contributed by atoms with Gasteiger partial charge in [-0.2, -0.15) is 0 Å². The molecule has 19 heavy (non-hydrogen) atoms. The summed E-state index contributed by atoms with van der Waals surface area (Å²) in [5.41, 5.74) is 0. The predicted molar refractivity (Wildman–Crippen MR) is 83.4 cm³/mol. The Morgan fingerprint density at radius 1 is 0.895 bits per heavy atom. The van der Waals surface area contributed by atoms with Crippen LogP contribution in [-0.4, -0.2) is 37.6 Å². The molecule has 0 amide bonds. The van der Waals surface area contributed by atoms with Crippen molar-refractivity contribution in [1.82, 2.24) is 4.90 Å².